The van der Waals surface area contributed by atoms with Crippen LogP contribution in [0.15, 0.2) is 71.8 Å². The highest BCUT2D eigenvalue weighted by Crippen LogP contribution is 2.41. The van der Waals surface area contributed by atoms with Crippen LogP contribution in [0.4, 0.5) is 4.39 Å². The molecule has 2 saturated heterocycles. The molecule has 0 radical (unpaired) electrons. The van der Waals surface area contributed by atoms with Crippen LogP contribution < -0.4 is 31.6 Å². The number of fused-ring (bicyclic) bond motifs is 1. The van der Waals surface area contributed by atoms with E-state index < -0.39 is 5.82 Å². The van der Waals surface area contributed by atoms with E-state index in [9.17, 15) is 14.4 Å². The zero-order chi connectivity index (χ0) is 36.4. The van der Waals surface area contributed by atoms with Gasteiger partial charge in [0, 0.05) is 85.8 Å². The van der Waals surface area contributed by atoms with E-state index in [-0.39, 0.29) is 29.5 Å². The molecule has 268 valence electrons. The number of nitrogens with one attached hydrogen (secondary N) is 4. The Hall–Kier alpha value is -5.17. The lowest BCUT2D eigenvalue weighted by Gasteiger charge is -2.17. The van der Waals surface area contributed by atoms with Crippen molar-refractivity contribution >= 4 is 29.1 Å². The summed E-state index contributed by atoms with van der Waals surface area (Å²) in [6, 6.07) is 16.1. The second-order valence-electron chi connectivity index (χ2n) is 13.3. The number of pyridine rings is 2. The van der Waals surface area contributed by atoms with Gasteiger partial charge in [-0.3, -0.25) is 18.8 Å². The summed E-state index contributed by atoms with van der Waals surface area (Å²) < 4.78 is 22.5. The van der Waals surface area contributed by atoms with Gasteiger partial charge in [-0.1, -0.05) is 35.9 Å². The Balaban J connectivity index is 1.12. The maximum atomic E-state index is 15.3. The lowest BCUT2D eigenvalue weighted by molar-refractivity contribution is -0.120. The van der Waals surface area contributed by atoms with Gasteiger partial charge in [0.05, 0.1) is 17.8 Å². The number of carbonyl (C=O) groups excluding carboxylic acids is 2. The molecule has 52 heavy (non-hydrogen) atoms. The van der Waals surface area contributed by atoms with Crippen molar-refractivity contribution in [2.45, 2.75) is 57.8 Å². The molecule has 2 aliphatic heterocycles. The fourth-order valence-corrected chi connectivity index (χ4v) is 7.27. The number of rotatable bonds is 12. The summed E-state index contributed by atoms with van der Waals surface area (Å²) in [4.78, 5) is 45.5. The monoisotopic (exact) mass is 723 g/mol. The van der Waals surface area contributed by atoms with Crippen LogP contribution in [0.3, 0.4) is 0 Å². The van der Waals surface area contributed by atoms with Gasteiger partial charge in [0.15, 0.2) is 0 Å². The molecule has 2 aliphatic rings. The average molecular weight is 724 g/mol. The summed E-state index contributed by atoms with van der Waals surface area (Å²) >= 11 is 7.05. The van der Waals surface area contributed by atoms with Crippen molar-refractivity contribution in [3.8, 4) is 39.4 Å². The highest BCUT2D eigenvalue weighted by atomic mass is 35.5. The van der Waals surface area contributed by atoms with Crippen LogP contribution in [0.2, 0.25) is 5.02 Å². The van der Waals surface area contributed by atoms with Crippen LogP contribution in [-0.2, 0) is 22.7 Å². The van der Waals surface area contributed by atoms with Crippen molar-refractivity contribution in [3.05, 3.63) is 105 Å². The molecule has 2 aromatic carbocycles. The third-order valence-electron chi connectivity index (χ3n) is 9.74. The van der Waals surface area contributed by atoms with Gasteiger partial charge in [-0.05, 0) is 72.4 Å². The van der Waals surface area contributed by atoms with E-state index in [4.69, 9.17) is 21.3 Å². The van der Waals surface area contributed by atoms with Crippen molar-refractivity contribution in [1.82, 2.24) is 35.6 Å². The molecule has 2 fully saturated rings. The second kappa shape index (κ2) is 15.2. The molecular formula is C39H39ClFN7O4. The average Bonchev–Trinajstić information content (AvgIpc) is 3.76. The molecule has 2 amide bonds. The molecule has 4 N–H and O–H groups in total. The summed E-state index contributed by atoms with van der Waals surface area (Å²) in [6.45, 7) is 3.99. The molecule has 0 unspecified atom stereocenters. The zero-order valence-electron chi connectivity index (χ0n) is 28.9. The predicted molar refractivity (Wildman–Crippen MR) is 198 cm³/mol. The Labute approximate surface area is 305 Å². The Morgan fingerprint density at radius 2 is 1.56 bits per heavy atom. The van der Waals surface area contributed by atoms with Gasteiger partial charge in [-0.25, -0.2) is 14.4 Å². The first-order valence-electron chi connectivity index (χ1n) is 17.3. The number of amides is 2. The van der Waals surface area contributed by atoms with Gasteiger partial charge >= 0.3 is 0 Å². The second-order valence-corrected chi connectivity index (χ2v) is 13.6. The van der Waals surface area contributed by atoms with Crippen LogP contribution in [0.25, 0.3) is 39.2 Å². The maximum Gasteiger partial charge on any atom is 0.262 e. The van der Waals surface area contributed by atoms with Crippen molar-refractivity contribution in [3.63, 3.8) is 0 Å². The first-order valence-corrected chi connectivity index (χ1v) is 17.7. The minimum atomic E-state index is -0.461. The normalized spacial score (nSPS) is 17.1. The van der Waals surface area contributed by atoms with E-state index in [1.165, 1.54) is 23.6 Å². The SMILES string of the molecule is COc1nc(-c2cc(F)cc(-c3cccc(-c4ccn5c(=O)c(CNC[C@@H]6CCC(=O)N6)cnc5c4)c3C)c2Cl)ccc1CNC[C@@H]1CCC(=O)N1. The Kier molecular flexibility index (Phi) is 10.3. The Morgan fingerprint density at radius 1 is 0.885 bits per heavy atom. The van der Waals surface area contributed by atoms with E-state index in [1.54, 1.807) is 18.5 Å². The van der Waals surface area contributed by atoms with E-state index in [0.29, 0.717) is 78.0 Å². The molecule has 0 aliphatic carbocycles. The van der Waals surface area contributed by atoms with Gasteiger partial charge in [0.2, 0.25) is 17.7 Å². The molecule has 7 rings (SSSR count). The number of ether oxygens (including phenoxy) is 1. The number of nitrogens with zero attached hydrogens (tertiary/aromatic N) is 3. The van der Waals surface area contributed by atoms with Gasteiger partial charge in [-0.15, -0.1) is 0 Å². The smallest absolute Gasteiger partial charge is 0.262 e. The number of aromatic nitrogens is 3. The minimum Gasteiger partial charge on any atom is -0.481 e. The first kappa shape index (κ1) is 35.2. The van der Waals surface area contributed by atoms with Gasteiger partial charge in [0.25, 0.3) is 5.56 Å². The van der Waals surface area contributed by atoms with Gasteiger partial charge in [0.1, 0.15) is 11.5 Å². The largest absolute Gasteiger partial charge is 0.481 e. The molecule has 2 atom stereocenters. The van der Waals surface area contributed by atoms with Crippen LogP contribution in [-0.4, -0.2) is 58.5 Å². The van der Waals surface area contributed by atoms with Crippen LogP contribution >= 0.6 is 11.6 Å². The number of carbonyl (C=O) groups is 2. The standard InChI is InChI=1S/C39H39ClFN7O4/c1-22-29(23-12-13-48-34(14-23)44-19-25(39(48)51)18-43-21-28-8-11-36(50)46-28)4-3-5-30(22)31-15-26(41)16-32(37(31)40)33-9-6-24(38(47-33)52-2)17-42-20-27-7-10-35(49)45-27/h3-6,9,12-16,19,27-28,42-43H,7-8,10-11,17-18,20-21H2,1-2H3,(H,45,49)(H,46,50)/t27-,28-/m0/s1. The van der Waals surface area contributed by atoms with Crippen LogP contribution in [0.1, 0.15) is 42.4 Å². The number of benzene rings is 2. The maximum absolute atomic E-state index is 15.3. The highest BCUT2D eigenvalue weighted by molar-refractivity contribution is 6.36. The molecule has 5 heterocycles. The van der Waals surface area contributed by atoms with Gasteiger partial charge < -0.3 is 26.0 Å². The van der Waals surface area contributed by atoms with Crippen molar-refractivity contribution in [2.24, 2.45) is 0 Å². The van der Waals surface area contributed by atoms with E-state index in [2.05, 4.69) is 26.3 Å². The fraction of sp³-hybridized carbons (Fsp3) is 0.308. The number of hydrogen-bond donors (Lipinski definition) is 4. The molecule has 0 spiro atoms. The lowest BCUT2D eigenvalue weighted by Crippen LogP contribution is -2.36. The predicted octanol–water partition coefficient (Wildman–Crippen LogP) is 4.94. The first-order chi connectivity index (χ1) is 25.2. The number of halogens is 2. The number of methoxy groups -OCH3 is 1. The summed E-state index contributed by atoms with van der Waals surface area (Å²) in [5.74, 6) is 0.0575. The molecule has 0 saturated carbocycles. The van der Waals surface area contributed by atoms with Crippen LogP contribution in [0.5, 0.6) is 5.88 Å². The van der Waals surface area contributed by atoms with E-state index in [1.807, 2.05) is 43.3 Å². The van der Waals surface area contributed by atoms with Crippen molar-refractivity contribution in [1.29, 1.82) is 0 Å². The lowest BCUT2D eigenvalue weighted by atomic mass is 9.92. The third kappa shape index (κ3) is 7.41. The zero-order valence-corrected chi connectivity index (χ0v) is 29.6. The number of hydrogen-bond acceptors (Lipinski definition) is 8. The van der Waals surface area contributed by atoms with Gasteiger partial charge in [-0.2, -0.15) is 0 Å². The minimum absolute atomic E-state index is 0.0536. The highest BCUT2D eigenvalue weighted by Gasteiger charge is 2.22. The molecule has 3 aromatic heterocycles. The fourth-order valence-electron chi connectivity index (χ4n) is 6.97. The quantitative estimate of drug-likeness (QED) is 0.142. The summed E-state index contributed by atoms with van der Waals surface area (Å²) in [7, 11) is 1.54. The molecule has 11 nitrogen and oxygen atoms in total. The van der Waals surface area contributed by atoms with Crippen LogP contribution in [0, 0.1) is 12.7 Å². The topological polar surface area (TPSA) is 139 Å². The van der Waals surface area contributed by atoms with E-state index in [0.717, 1.165) is 40.7 Å². The summed E-state index contributed by atoms with van der Waals surface area (Å²) in [6.07, 6.45) is 5.95. The Morgan fingerprint density at radius 3 is 2.23 bits per heavy atom. The molecule has 0 bridgehead atoms. The molecule has 5 aromatic rings. The third-order valence-corrected chi connectivity index (χ3v) is 10.2. The van der Waals surface area contributed by atoms with Crippen molar-refractivity contribution in [2.75, 3.05) is 20.2 Å². The Bertz CT molecular complexity index is 2240. The summed E-state index contributed by atoms with van der Waals surface area (Å²) in [5, 5.41) is 12.8. The molecule has 13 heteroatoms. The van der Waals surface area contributed by atoms with Crippen molar-refractivity contribution < 1.29 is 18.7 Å². The van der Waals surface area contributed by atoms with E-state index >= 15 is 4.39 Å². The molecular weight excluding hydrogens is 685 g/mol. The summed E-state index contributed by atoms with van der Waals surface area (Å²) in [5.41, 5.74) is 6.44.